The van der Waals surface area contributed by atoms with Crippen LogP contribution >= 0.6 is 0 Å². The van der Waals surface area contributed by atoms with Gasteiger partial charge in [-0.15, -0.1) is 0 Å². The molecule has 1 aliphatic rings. The molecule has 2 aromatic rings. The molecule has 0 bridgehead atoms. The lowest BCUT2D eigenvalue weighted by molar-refractivity contribution is 0.397. The van der Waals surface area contributed by atoms with Crippen LogP contribution in [0.1, 0.15) is 30.7 Å². The number of hydrogen-bond acceptors (Lipinski definition) is 3. The molecular weight excluding hydrogens is 212 g/mol. The van der Waals surface area contributed by atoms with Crippen LogP contribution < -0.4 is 5.32 Å². The maximum absolute atomic E-state index is 4.62. The second-order valence-electron chi connectivity index (χ2n) is 4.78. The first-order chi connectivity index (χ1) is 8.34. The van der Waals surface area contributed by atoms with Crippen molar-refractivity contribution >= 4 is 5.78 Å². The zero-order valence-corrected chi connectivity index (χ0v) is 10.2. The number of piperidine rings is 1. The van der Waals surface area contributed by atoms with Crippen molar-refractivity contribution in [3.8, 4) is 0 Å². The molecule has 1 atom stereocenters. The Balaban J connectivity index is 1.87. The summed E-state index contributed by atoms with van der Waals surface area (Å²) >= 11 is 0. The van der Waals surface area contributed by atoms with Gasteiger partial charge in [0.15, 0.2) is 0 Å². The number of nitrogens with zero attached hydrogens (tertiary/aromatic N) is 3. The first-order valence-electron chi connectivity index (χ1n) is 6.36. The zero-order valence-electron chi connectivity index (χ0n) is 10.2. The minimum atomic E-state index is 0.590. The smallest absolute Gasteiger partial charge is 0.234 e. The van der Waals surface area contributed by atoms with E-state index in [1.165, 1.54) is 30.7 Å². The maximum Gasteiger partial charge on any atom is 0.234 e. The fraction of sp³-hybridized carbons (Fsp3) is 0.538. The Morgan fingerprint density at radius 1 is 1.47 bits per heavy atom. The molecular formula is C13H18N4. The second kappa shape index (κ2) is 4.45. The molecule has 90 valence electrons. The van der Waals surface area contributed by atoms with Crippen molar-refractivity contribution in [1.29, 1.82) is 0 Å². The molecule has 4 heteroatoms. The van der Waals surface area contributed by atoms with Gasteiger partial charge in [0.2, 0.25) is 5.78 Å². The Morgan fingerprint density at radius 2 is 2.41 bits per heavy atom. The van der Waals surface area contributed by atoms with Crippen molar-refractivity contribution < 1.29 is 0 Å². The minimum Gasteiger partial charge on any atom is -0.314 e. The summed E-state index contributed by atoms with van der Waals surface area (Å²) in [5.74, 6) is 0.816. The predicted molar refractivity (Wildman–Crippen MR) is 67.1 cm³/mol. The van der Waals surface area contributed by atoms with Crippen molar-refractivity contribution in [3.63, 3.8) is 0 Å². The largest absolute Gasteiger partial charge is 0.314 e. The molecule has 1 N–H and O–H groups in total. The summed E-state index contributed by atoms with van der Waals surface area (Å²) in [6.45, 7) is 3.27. The summed E-state index contributed by atoms with van der Waals surface area (Å²) in [4.78, 5) is 8.91. The lowest BCUT2D eigenvalue weighted by atomic mass is 10.00. The van der Waals surface area contributed by atoms with Crippen molar-refractivity contribution in [3.05, 3.63) is 29.8 Å². The van der Waals surface area contributed by atoms with Crippen molar-refractivity contribution in [1.82, 2.24) is 19.7 Å². The number of nitrogens with one attached hydrogen (secondary N) is 1. The summed E-state index contributed by atoms with van der Waals surface area (Å²) in [6, 6.07) is 2.54. The number of aryl methyl sites for hydroxylation is 1. The van der Waals surface area contributed by atoms with Gasteiger partial charge >= 0.3 is 0 Å². The van der Waals surface area contributed by atoms with Crippen LogP contribution in [0, 0.1) is 6.92 Å². The van der Waals surface area contributed by atoms with Gasteiger partial charge in [-0.05, 0) is 32.4 Å². The normalized spacial score (nSPS) is 20.9. The molecule has 0 saturated carbocycles. The molecule has 0 amide bonds. The molecule has 3 rings (SSSR count). The molecule has 1 aliphatic heterocycles. The topological polar surface area (TPSA) is 42.2 Å². The van der Waals surface area contributed by atoms with E-state index in [-0.39, 0.29) is 0 Å². The van der Waals surface area contributed by atoms with Crippen LogP contribution in [0.5, 0.6) is 0 Å². The third-order valence-electron chi connectivity index (χ3n) is 3.59. The fourth-order valence-corrected chi connectivity index (χ4v) is 2.57. The van der Waals surface area contributed by atoms with Crippen LogP contribution in [0.15, 0.2) is 18.5 Å². The molecule has 3 heterocycles. The van der Waals surface area contributed by atoms with E-state index in [4.69, 9.17) is 0 Å². The van der Waals surface area contributed by atoms with Crippen LogP contribution in [0.3, 0.4) is 0 Å². The van der Waals surface area contributed by atoms with E-state index in [9.17, 15) is 0 Å². The van der Waals surface area contributed by atoms with E-state index >= 15 is 0 Å². The molecule has 0 radical (unpaired) electrons. The molecule has 17 heavy (non-hydrogen) atoms. The quantitative estimate of drug-likeness (QED) is 0.854. The third kappa shape index (κ3) is 2.05. The van der Waals surface area contributed by atoms with Crippen LogP contribution in [-0.4, -0.2) is 27.0 Å². The van der Waals surface area contributed by atoms with Gasteiger partial charge in [-0.3, -0.25) is 4.40 Å². The van der Waals surface area contributed by atoms with Crippen molar-refractivity contribution in [2.24, 2.45) is 0 Å². The number of fused-ring (bicyclic) bond motifs is 1. The van der Waals surface area contributed by atoms with Gasteiger partial charge in [-0.2, -0.15) is 0 Å². The van der Waals surface area contributed by atoms with E-state index in [2.05, 4.69) is 26.6 Å². The van der Waals surface area contributed by atoms with Gasteiger partial charge in [0, 0.05) is 30.6 Å². The molecule has 0 unspecified atom stereocenters. The Bertz CT molecular complexity index is 511. The molecule has 0 aromatic carbocycles. The number of hydrogen-bond donors (Lipinski definition) is 1. The summed E-state index contributed by atoms with van der Waals surface area (Å²) < 4.78 is 2.07. The molecule has 1 fully saturated rings. The molecule has 0 spiro atoms. The minimum absolute atomic E-state index is 0.590. The first-order valence-corrected chi connectivity index (χ1v) is 6.36. The maximum atomic E-state index is 4.62. The number of aromatic nitrogens is 3. The van der Waals surface area contributed by atoms with Gasteiger partial charge in [0.1, 0.15) is 0 Å². The number of imidazole rings is 1. The fourth-order valence-electron chi connectivity index (χ4n) is 2.57. The zero-order chi connectivity index (χ0) is 11.7. The monoisotopic (exact) mass is 230 g/mol. The van der Waals surface area contributed by atoms with E-state index in [0.717, 1.165) is 18.7 Å². The van der Waals surface area contributed by atoms with Gasteiger partial charge in [-0.25, -0.2) is 9.97 Å². The van der Waals surface area contributed by atoms with Gasteiger partial charge in [0.05, 0.1) is 5.69 Å². The summed E-state index contributed by atoms with van der Waals surface area (Å²) in [5.41, 5.74) is 2.41. The average molecular weight is 230 g/mol. The third-order valence-corrected chi connectivity index (χ3v) is 3.59. The Kier molecular flexibility index (Phi) is 2.81. The van der Waals surface area contributed by atoms with Crippen LogP contribution in [0.2, 0.25) is 0 Å². The second-order valence-corrected chi connectivity index (χ2v) is 4.78. The van der Waals surface area contributed by atoms with Gasteiger partial charge in [-0.1, -0.05) is 6.42 Å². The lowest BCUT2D eigenvalue weighted by Crippen LogP contribution is -2.35. The summed E-state index contributed by atoms with van der Waals surface area (Å²) in [7, 11) is 0. The number of rotatable bonds is 2. The average Bonchev–Trinajstić information content (AvgIpc) is 2.68. The van der Waals surface area contributed by atoms with E-state index in [1.54, 1.807) is 6.20 Å². The predicted octanol–water partition coefficient (Wildman–Crippen LogP) is 1.72. The highest BCUT2D eigenvalue weighted by molar-refractivity contribution is 5.35. The Hall–Kier alpha value is -1.42. The first kappa shape index (κ1) is 10.7. The van der Waals surface area contributed by atoms with Crippen molar-refractivity contribution in [2.75, 3.05) is 6.54 Å². The van der Waals surface area contributed by atoms with E-state index in [0.29, 0.717) is 6.04 Å². The van der Waals surface area contributed by atoms with Crippen LogP contribution in [0.4, 0.5) is 0 Å². The van der Waals surface area contributed by atoms with Crippen LogP contribution in [0.25, 0.3) is 5.78 Å². The van der Waals surface area contributed by atoms with E-state index in [1.807, 2.05) is 12.3 Å². The highest BCUT2D eigenvalue weighted by Gasteiger charge is 2.17. The SMILES string of the molecule is Cc1c(C[C@@H]2CCCCN2)nc2ncccn12. The lowest BCUT2D eigenvalue weighted by Gasteiger charge is -2.22. The standard InChI is InChI=1S/C13H18N4/c1-10-12(9-11-5-2-3-6-14-11)16-13-15-7-4-8-17(10)13/h4,7-8,11,14H,2-3,5-6,9H2,1H3/t11-/m0/s1. The summed E-state index contributed by atoms with van der Waals surface area (Å²) in [5, 5.41) is 3.57. The highest BCUT2D eigenvalue weighted by atomic mass is 15.1. The van der Waals surface area contributed by atoms with Crippen molar-refractivity contribution in [2.45, 2.75) is 38.6 Å². The highest BCUT2D eigenvalue weighted by Crippen LogP contribution is 2.16. The molecule has 1 saturated heterocycles. The Morgan fingerprint density at radius 3 is 3.18 bits per heavy atom. The van der Waals surface area contributed by atoms with E-state index < -0.39 is 0 Å². The van der Waals surface area contributed by atoms with Crippen LogP contribution in [-0.2, 0) is 6.42 Å². The van der Waals surface area contributed by atoms with Gasteiger partial charge in [0.25, 0.3) is 0 Å². The molecule has 4 nitrogen and oxygen atoms in total. The van der Waals surface area contributed by atoms with Gasteiger partial charge < -0.3 is 5.32 Å². The summed E-state index contributed by atoms with van der Waals surface area (Å²) in [6.07, 6.45) is 8.76. The molecule has 0 aliphatic carbocycles. The molecule has 2 aromatic heterocycles. The Labute approximate surface area is 101 Å².